The minimum absolute atomic E-state index is 0.479. The fourth-order valence-electron chi connectivity index (χ4n) is 3.18. The van der Waals surface area contributed by atoms with Crippen molar-refractivity contribution in [2.75, 3.05) is 0 Å². The van der Waals surface area contributed by atoms with Crippen LogP contribution < -0.4 is 5.32 Å². The third-order valence-electron chi connectivity index (χ3n) is 4.27. The third kappa shape index (κ3) is 2.35. The van der Waals surface area contributed by atoms with Crippen molar-refractivity contribution >= 4 is 22.6 Å². The highest BCUT2D eigenvalue weighted by molar-refractivity contribution is 6.30. The zero-order valence-corrected chi connectivity index (χ0v) is 12.4. The van der Waals surface area contributed by atoms with Gasteiger partial charge in [-0.3, -0.25) is 0 Å². The number of fused-ring (bicyclic) bond motifs is 2. The zero-order valence-electron chi connectivity index (χ0n) is 11.6. The molecule has 1 aromatic heterocycles. The van der Waals surface area contributed by atoms with Gasteiger partial charge in [0, 0.05) is 23.5 Å². The lowest BCUT2D eigenvalue weighted by Gasteiger charge is -2.11. The Morgan fingerprint density at radius 3 is 2.43 bits per heavy atom. The lowest BCUT2D eigenvalue weighted by Crippen LogP contribution is -2.28. The first-order valence-electron chi connectivity index (χ1n) is 7.27. The fraction of sp³-hybridized carbons (Fsp3) is 0.222. The van der Waals surface area contributed by atoms with Crippen LogP contribution in [0.25, 0.3) is 11.0 Å². The number of halogens is 1. The van der Waals surface area contributed by atoms with Crippen LogP contribution in [0, 0.1) is 0 Å². The van der Waals surface area contributed by atoms with Gasteiger partial charge in [-0.05, 0) is 41.6 Å². The fourth-order valence-corrected chi connectivity index (χ4v) is 3.44. The van der Waals surface area contributed by atoms with Gasteiger partial charge in [0.2, 0.25) is 0 Å². The Bertz CT molecular complexity index is 768. The van der Waals surface area contributed by atoms with Crippen LogP contribution in [0.2, 0.25) is 5.22 Å². The Hall–Kier alpha value is -1.77. The topological polar surface area (TPSA) is 25.2 Å². The van der Waals surface area contributed by atoms with E-state index in [1.54, 1.807) is 0 Å². The molecule has 0 unspecified atom stereocenters. The molecule has 1 aliphatic rings. The van der Waals surface area contributed by atoms with Crippen molar-refractivity contribution in [2.24, 2.45) is 0 Å². The average molecular weight is 298 g/mol. The minimum Gasteiger partial charge on any atom is -0.444 e. The molecule has 21 heavy (non-hydrogen) atoms. The first-order valence-corrected chi connectivity index (χ1v) is 7.65. The molecule has 1 N–H and O–H groups in total. The molecule has 0 spiro atoms. The predicted molar refractivity (Wildman–Crippen MR) is 85.7 cm³/mol. The van der Waals surface area contributed by atoms with Crippen LogP contribution in [0.1, 0.15) is 16.7 Å². The molecule has 0 saturated carbocycles. The van der Waals surface area contributed by atoms with Crippen LogP contribution in [-0.2, 0) is 19.4 Å². The highest BCUT2D eigenvalue weighted by atomic mass is 35.5. The molecule has 0 fully saturated rings. The van der Waals surface area contributed by atoms with Gasteiger partial charge < -0.3 is 9.73 Å². The second-order valence-electron chi connectivity index (χ2n) is 5.61. The number of nitrogens with one attached hydrogen (secondary N) is 1. The van der Waals surface area contributed by atoms with Gasteiger partial charge in [-0.2, -0.15) is 0 Å². The smallest absolute Gasteiger partial charge is 0.199 e. The molecule has 0 saturated heterocycles. The monoisotopic (exact) mass is 297 g/mol. The van der Waals surface area contributed by atoms with Gasteiger partial charge in [-0.25, -0.2) is 0 Å². The Labute approximate surface area is 128 Å². The highest BCUT2D eigenvalue weighted by Gasteiger charge is 2.21. The molecule has 2 aromatic carbocycles. The molecule has 106 valence electrons. The molecule has 0 radical (unpaired) electrons. The lowest BCUT2D eigenvalue weighted by atomic mass is 10.1. The predicted octanol–water partition coefficient (Wildman–Crippen LogP) is 4.34. The Balaban J connectivity index is 1.51. The maximum absolute atomic E-state index is 6.24. The van der Waals surface area contributed by atoms with Crippen LogP contribution >= 0.6 is 11.6 Å². The van der Waals surface area contributed by atoms with Crippen molar-refractivity contribution in [1.29, 1.82) is 0 Å². The summed E-state index contributed by atoms with van der Waals surface area (Å²) in [6.45, 7) is 0.745. The first-order chi connectivity index (χ1) is 10.3. The molecule has 0 bridgehead atoms. The summed E-state index contributed by atoms with van der Waals surface area (Å²) >= 11 is 6.24. The van der Waals surface area contributed by atoms with Crippen LogP contribution in [0.5, 0.6) is 0 Å². The standard InChI is InChI=1S/C18H16ClNO/c19-18-16(15-7-3-4-8-17(15)21-18)11-20-14-9-12-5-1-2-6-13(12)10-14/h1-8,14,20H,9-11H2. The van der Waals surface area contributed by atoms with E-state index in [1.807, 2.05) is 18.2 Å². The normalized spacial score (nSPS) is 14.7. The van der Waals surface area contributed by atoms with Crippen molar-refractivity contribution in [2.45, 2.75) is 25.4 Å². The summed E-state index contributed by atoms with van der Waals surface area (Å²) in [6, 6.07) is 17.1. The van der Waals surface area contributed by atoms with Gasteiger partial charge >= 0.3 is 0 Å². The third-order valence-corrected chi connectivity index (χ3v) is 4.57. The number of rotatable bonds is 3. The molecule has 0 amide bonds. The Morgan fingerprint density at radius 1 is 1.00 bits per heavy atom. The number of hydrogen-bond donors (Lipinski definition) is 1. The summed E-state index contributed by atoms with van der Waals surface area (Å²) in [6.07, 6.45) is 2.17. The summed E-state index contributed by atoms with van der Waals surface area (Å²) in [4.78, 5) is 0. The van der Waals surface area contributed by atoms with Gasteiger partial charge in [0.15, 0.2) is 5.22 Å². The summed E-state index contributed by atoms with van der Waals surface area (Å²) in [5.41, 5.74) is 4.83. The van der Waals surface area contributed by atoms with Crippen LogP contribution in [0.3, 0.4) is 0 Å². The number of benzene rings is 2. The van der Waals surface area contributed by atoms with Crippen molar-refractivity contribution < 1.29 is 4.42 Å². The number of para-hydroxylation sites is 1. The second kappa shape index (κ2) is 5.21. The Kier molecular flexibility index (Phi) is 3.21. The molecular weight excluding hydrogens is 282 g/mol. The maximum atomic E-state index is 6.24. The van der Waals surface area contributed by atoms with E-state index < -0.39 is 0 Å². The summed E-state index contributed by atoms with van der Waals surface area (Å²) in [5.74, 6) is 0. The van der Waals surface area contributed by atoms with E-state index in [2.05, 4.69) is 35.6 Å². The second-order valence-corrected chi connectivity index (χ2v) is 5.95. The van der Waals surface area contributed by atoms with Crippen molar-refractivity contribution in [3.05, 3.63) is 70.4 Å². The van der Waals surface area contributed by atoms with Crippen LogP contribution in [0.4, 0.5) is 0 Å². The van der Waals surface area contributed by atoms with E-state index in [1.165, 1.54) is 11.1 Å². The van der Waals surface area contributed by atoms with E-state index in [0.717, 1.165) is 35.9 Å². The van der Waals surface area contributed by atoms with Crippen LogP contribution in [0.15, 0.2) is 52.9 Å². The van der Waals surface area contributed by atoms with Gasteiger partial charge in [-0.15, -0.1) is 0 Å². The van der Waals surface area contributed by atoms with Gasteiger partial charge in [0.1, 0.15) is 5.58 Å². The minimum atomic E-state index is 0.479. The first kappa shape index (κ1) is 12.9. The molecule has 2 nitrogen and oxygen atoms in total. The Morgan fingerprint density at radius 2 is 1.67 bits per heavy atom. The van der Waals surface area contributed by atoms with E-state index in [4.69, 9.17) is 16.0 Å². The van der Waals surface area contributed by atoms with Crippen molar-refractivity contribution in [3.63, 3.8) is 0 Å². The molecule has 3 aromatic rings. The molecular formula is C18H16ClNO. The molecule has 1 heterocycles. The largest absolute Gasteiger partial charge is 0.444 e. The SMILES string of the molecule is Clc1oc2ccccc2c1CNC1Cc2ccccc2C1. The maximum Gasteiger partial charge on any atom is 0.199 e. The van der Waals surface area contributed by atoms with Gasteiger partial charge in [0.05, 0.1) is 0 Å². The number of furan rings is 1. The van der Waals surface area contributed by atoms with Gasteiger partial charge in [0.25, 0.3) is 0 Å². The molecule has 0 atom stereocenters. The summed E-state index contributed by atoms with van der Waals surface area (Å²) < 4.78 is 5.60. The van der Waals surface area contributed by atoms with Crippen LogP contribution in [-0.4, -0.2) is 6.04 Å². The molecule has 1 aliphatic carbocycles. The van der Waals surface area contributed by atoms with E-state index in [0.29, 0.717) is 11.3 Å². The lowest BCUT2D eigenvalue weighted by molar-refractivity contribution is 0.528. The van der Waals surface area contributed by atoms with Crippen molar-refractivity contribution in [3.8, 4) is 0 Å². The van der Waals surface area contributed by atoms with E-state index >= 15 is 0 Å². The summed E-state index contributed by atoms with van der Waals surface area (Å²) in [7, 11) is 0. The van der Waals surface area contributed by atoms with Gasteiger partial charge in [-0.1, -0.05) is 42.5 Å². The highest BCUT2D eigenvalue weighted by Crippen LogP contribution is 2.30. The van der Waals surface area contributed by atoms with E-state index in [-0.39, 0.29) is 0 Å². The van der Waals surface area contributed by atoms with E-state index in [9.17, 15) is 0 Å². The summed E-state index contributed by atoms with van der Waals surface area (Å²) in [5, 5.41) is 5.22. The molecule has 4 rings (SSSR count). The molecule has 0 aliphatic heterocycles. The quantitative estimate of drug-likeness (QED) is 0.778. The average Bonchev–Trinajstić information content (AvgIpc) is 3.04. The van der Waals surface area contributed by atoms with Crippen molar-refractivity contribution in [1.82, 2.24) is 5.32 Å². The number of hydrogen-bond acceptors (Lipinski definition) is 2. The molecule has 3 heteroatoms. The zero-order chi connectivity index (χ0) is 14.2.